The first kappa shape index (κ1) is 15.7. The molecule has 1 spiro atoms. The van der Waals surface area contributed by atoms with Crippen LogP contribution in [0.4, 0.5) is 5.69 Å². The fourth-order valence-electron chi connectivity index (χ4n) is 3.27. The Morgan fingerprint density at radius 2 is 2.29 bits per heavy atom. The molecule has 2 atom stereocenters. The SMILES string of the molecule is Cc1cc(Br)c(NC2=NC3(CCCC(C)C3)CS2)cc1Cl. The molecule has 1 aromatic carbocycles. The number of aliphatic imine (C=N–C) groups is 1. The zero-order valence-electron chi connectivity index (χ0n) is 12.4. The minimum absolute atomic E-state index is 0.172. The number of hydrogen-bond donors (Lipinski definition) is 1. The molecular formula is C16H20BrClN2S. The number of hydrogen-bond acceptors (Lipinski definition) is 3. The Kier molecular flexibility index (Phi) is 4.58. The summed E-state index contributed by atoms with van der Waals surface area (Å²) in [7, 11) is 0. The van der Waals surface area contributed by atoms with Gasteiger partial charge in [0, 0.05) is 15.2 Å². The molecule has 1 heterocycles. The summed E-state index contributed by atoms with van der Waals surface area (Å²) >= 11 is 11.7. The van der Waals surface area contributed by atoms with Gasteiger partial charge in [-0.1, -0.05) is 43.1 Å². The largest absolute Gasteiger partial charge is 0.334 e. The number of aryl methyl sites for hydroxylation is 1. The van der Waals surface area contributed by atoms with Gasteiger partial charge in [0.05, 0.1) is 11.2 Å². The molecule has 0 bridgehead atoms. The lowest BCUT2D eigenvalue weighted by Gasteiger charge is -2.33. The average molecular weight is 388 g/mol. The molecule has 0 amide bonds. The molecule has 1 aliphatic carbocycles. The summed E-state index contributed by atoms with van der Waals surface area (Å²) < 4.78 is 1.03. The van der Waals surface area contributed by atoms with Crippen LogP contribution in [-0.4, -0.2) is 16.5 Å². The molecule has 1 N–H and O–H groups in total. The summed E-state index contributed by atoms with van der Waals surface area (Å²) in [6.45, 7) is 4.36. The number of nitrogens with zero attached hydrogens (tertiary/aromatic N) is 1. The molecule has 3 rings (SSSR count). The summed E-state index contributed by atoms with van der Waals surface area (Å²) in [5, 5.41) is 5.26. The average Bonchev–Trinajstić information content (AvgIpc) is 2.78. The van der Waals surface area contributed by atoms with Crippen molar-refractivity contribution in [3.63, 3.8) is 0 Å². The van der Waals surface area contributed by atoms with Gasteiger partial charge in [0.2, 0.25) is 0 Å². The maximum absolute atomic E-state index is 6.23. The molecule has 2 nitrogen and oxygen atoms in total. The second-order valence-corrected chi connectivity index (χ2v) is 8.56. The van der Waals surface area contributed by atoms with E-state index in [0.717, 1.165) is 37.6 Å². The maximum atomic E-state index is 6.23. The molecule has 1 aromatic rings. The summed E-state index contributed by atoms with van der Waals surface area (Å²) in [5.41, 5.74) is 2.25. The third-order valence-electron chi connectivity index (χ3n) is 4.37. The third-order valence-corrected chi connectivity index (χ3v) is 6.59. The van der Waals surface area contributed by atoms with Crippen molar-refractivity contribution in [2.45, 2.75) is 45.1 Å². The van der Waals surface area contributed by atoms with Crippen LogP contribution in [0.3, 0.4) is 0 Å². The second kappa shape index (κ2) is 6.13. The lowest BCUT2D eigenvalue weighted by molar-refractivity contribution is 0.266. The standard InChI is InChI=1S/C16H20BrClN2S/c1-10-4-3-5-16(8-10)9-21-15(20-16)19-14-7-13(18)11(2)6-12(14)17/h6-7,10H,3-5,8-9H2,1-2H3,(H,19,20). The highest BCUT2D eigenvalue weighted by Gasteiger charge is 2.39. The molecule has 0 saturated heterocycles. The van der Waals surface area contributed by atoms with Gasteiger partial charge in [0.1, 0.15) is 0 Å². The van der Waals surface area contributed by atoms with Crippen LogP contribution >= 0.6 is 39.3 Å². The van der Waals surface area contributed by atoms with E-state index in [1.165, 1.54) is 25.7 Å². The quantitative estimate of drug-likeness (QED) is 0.651. The molecule has 2 unspecified atom stereocenters. The van der Waals surface area contributed by atoms with E-state index in [1.807, 2.05) is 30.8 Å². The van der Waals surface area contributed by atoms with E-state index < -0.39 is 0 Å². The third kappa shape index (κ3) is 3.43. The summed E-state index contributed by atoms with van der Waals surface area (Å²) in [5.74, 6) is 1.90. The van der Waals surface area contributed by atoms with Crippen LogP contribution in [-0.2, 0) is 0 Å². The molecule has 0 aromatic heterocycles. The highest BCUT2D eigenvalue weighted by molar-refractivity contribution is 9.10. The molecule has 2 aliphatic rings. The van der Waals surface area contributed by atoms with Crippen LogP contribution in [0.1, 0.15) is 38.2 Å². The minimum atomic E-state index is 0.172. The smallest absolute Gasteiger partial charge is 0.161 e. The summed E-state index contributed by atoms with van der Waals surface area (Å²) in [6, 6.07) is 4.02. The number of amidine groups is 1. The van der Waals surface area contributed by atoms with Crippen LogP contribution in [0.5, 0.6) is 0 Å². The van der Waals surface area contributed by atoms with Crippen molar-refractivity contribution in [1.82, 2.24) is 0 Å². The van der Waals surface area contributed by atoms with Crippen LogP contribution < -0.4 is 5.32 Å². The number of halogens is 2. The number of benzene rings is 1. The zero-order chi connectivity index (χ0) is 15.0. The highest BCUT2D eigenvalue weighted by atomic mass is 79.9. The highest BCUT2D eigenvalue weighted by Crippen LogP contribution is 2.42. The first-order valence-corrected chi connectivity index (χ1v) is 9.58. The van der Waals surface area contributed by atoms with Crippen LogP contribution in [0, 0.1) is 12.8 Å². The van der Waals surface area contributed by atoms with Gasteiger partial charge >= 0.3 is 0 Å². The van der Waals surface area contributed by atoms with Crippen molar-refractivity contribution in [2.24, 2.45) is 10.9 Å². The van der Waals surface area contributed by atoms with E-state index in [2.05, 4.69) is 28.2 Å². The lowest BCUT2D eigenvalue weighted by Crippen LogP contribution is -2.33. The van der Waals surface area contributed by atoms with E-state index >= 15 is 0 Å². The van der Waals surface area contributed by atoms with Gasteiger partial charge in [-0.3, -0.25) is 4.99 Å². The van der Waals surface area contributed by atoms with Gasteiger partial charge in [-0.05, 0) is 59.3 Å². The van der Waals surface area contributed by atoms with Gasteiger partial charge in [0.15, 0.2) is 5.17 Å². The molecule has 1 aliphatic heterocycles. The maximum Gasteiger partial charge on any atom is 0.161 e. The monoisotopic (exact) mass is 386 g/mol. The predicted molar refractivity (Wildman–Crippen MR) is 97.8 cm³/mol. The van der Waals surface area contributed by atoms with Gasteiger partial charge in [-0.15, -0.1) is 0 Å². The van der Waals surface area contributed by atoms with Crippen LogP contribution in [0.2, 0.25) is 5.02 Å². The van der Waals surface area contributed by atoms with E-state index in [1.54, 1.807) is 0 Å². The number of anilines is 1. The van der Waals surface area contributed by atoms with E-state index in [9.17, 15) is 0 Å². The zero-order valence-corrected chi connectivity index (χ0v) is 15.5. The number of thioether (sulfide) groups is 1. The summed E-state index contributed by atoms with van der Waals surface area (Å²) in [6.07, 6.45) is 5.11. The Labute approximate surface area is 144 Å². The molecule has 114 valence electrons. The van der Waals surface area contributed by atoms with Gasteiger partial charge < -0.3 is 5.32 Å². The minimum Gasteiger partial charge on any atom is -0.334 e. The molecule has 1 fully saturated rings. The van der Waals surface area contributed by atoms with Crippen molar-refractivity contribution in [1.29, 1.82) is 0 Å². The topological polar surface area (TPSA) is 24.4 Å². The van der Waals surface area contributed by atoms with Gasteiger partial charge in [-0.2, -0.15) is 0 Å². The number of rotatable bonds is 1. The first-order valence-electron chi connectivity index (χ1n) is 7.43. The lowest BCUT2D eigenvalue weighted by atomic mass is 9.78. The second-order valence-electron chi connectivity index (χ2n) is 6.34. The van der Waals surface area contributed by atoms with E-state index in [4.69, 9.17) is 16.6 Å². The van der Waals surface area contributed by atoms with Crippen LogP contribution in [0.15, 0.2) is 21.6 Å². The molecule has 1 saturated carbocycles. The Hall–Kier alpha value is -0.190. The van der Waals surface area contributed by atoms with Gasteiger partial charge in [-0.25, -0.2) is 0 Å². The van der Waals surface area contributed by atoms with Crippen molar-refractivity contribution in [2.75, 3.05) is 11.1 Å². The fraction of sp³-hybridized carbons (Fsp3) is 0.562. The number of nitrogens with one attached hydrogen (secondary N) is 1. The van der Waals surface area contributed by atoms with E-state index in [-0.39, 0.29) is 5.54 Å². The first-order chi connectivity index (χ1) is 9.97. The van der Waals surface area contributed by atoms with E-state index in [0.29, 0.717) is 0 Å². The Morgan fingerprint density at radius 1 is 1.48 bits per heavy atom. The van der Waals surface area contributed by atoms with Crippen LogP contribution in [0.25, 0.3) is 0 Å². The Bertz CT molecular complexity index is 590. The normalized spacial score (nSPS) is 28.8. The molecule has 21 heavy (non-hydrogen) atoms. The summed E-state index contributed by atoms with van der Waals surface area (Å²) in [4.78, 5) is 5.02. The molecular weight excluding hydrogens is 368 g/mol. The Balaban J connectivity index is 1.78. The predicted octanol–water partition coefficient (Wildman–Crippen LogP) is 5.87. The van der Waals surface area contributed by atoms with Gasteiger partial charge in [0.25, 0.3) is 0 Å². The fourth-order valence-corrected chi connectivity index (χ4v) is 5.16. The molecule has 0 radical (unpaired) electrons. The van der Waals surface area contributed by atoms with Crippen molar-refractivity contribution >= 4 is 50.1 Å². The van der Waals surface area contributed by atoms with Crippen molar-refractivity contribution < 1.29 is 0 Å². The van der Waals surface area contributed by atoms with Crippen molar-refractivity contribution in [3.05, 3.63) is 27.2 Å². The van der Waals surface area contributed by atoms with Crippen molar-refractivity contribution in [3.8, 4) is 0 Å². The molecule has 5 heteroatoms. The Morgan fingerprint density at radius 3 is 3.05 bits per heavy atom.